The Morgan fingerprint density at radius 2 is 1.70 bits per heavy atom. The van der Waals surface area contributed by atoms with Gasteiger partial charge in [0, 0.05) is 37.3 Å². The molecule has 6 rings (SSSR count). The van der Waals surface area contributed by atoms with Crippen LogP contribution < -0.4 is 15.5 Å². The van der Waals surface area contributed by atoms with E-state index in [0.717, 1.165) is 41.6 Å². The summed E-state index contributed by atoms with van der Waals surface area (Å²) in [5.74, 6) is -0.237. The molecule has 0 aliphatic carbocycles. The lowest BCUT2D eigenvalue weighted by molar-refractivity contribution is -0.137. The van der Waals surface area contributed by atoms with Crippen LogP contribution in [0.3, 0.4) is 0 Å². The summed E-state index contributed by atoms with van der Waals surface area (Å²) in [6.07, 6.45) is 2.97. The lowest BCUT2D eigenvalue weighted by Crippen LogP contribution is -2.58. The number of nitrogens with zero attached hydrogens (tertiary/aromatic N) is 3. The van der Waals surface area contributed by atoms with Gasteiger partial charge in [-0.1, -0.05) is 54.6 Å². The van der Waals surface area contributed by atoms with E-state index < -0.39 is 5.54 Å². The van der Waals surface area contributed by atoms with Crippen molar-refractivity contribution < 1.29 is 19.1 Å². The number of rotatable bonds is 6. The zero-order valence-corrected chi connectivity index (χ0v) is 22.6. The molecule has 1 atom stereocenters. The topological polar surface area (TPSA) is 94.2 Å². The number of carbonyl (C=O) groups is 3. The first kappa shape index (κ1) is 26.1. The molecule has 3 aliphatic heterocycles. The smallest absolute Gasteiger partial charge is 0.321 e. The molecule has 0 aromatic heterocycles. The molecular formula is C31H35N5O4. The summed E-state index contributed by atoms with van der Waals surface area (Å²) in [6.45, 7) is 2.40. The molecular weight excluding hydrogens is 506 g/mol. The Labute approximate surface area is 234 Å². The van der Waals surface area contributed by atoms with E-state index in [-0.39, 0.29) is 30.5 Å². The second kappa shape index (κ2) is 11.2. The van der Waals surface area contributed by atoms with Crippen molar-refractivity contribution in [3.63, 3.8) is 0 Å². The van der Waals surface area contributed by atoms with Crippen molar-refractivity contribution in [1.82, 2.24) is 15.1 Å². The van der Waals surface area contributed by atoms with Gasteiger partial charge >= 0.3 is 6.03 Å². The van der Waals surface area contributed by atoms with Crippen LogP contribution in [0.15, 0.2) is 72.8 Å². The van der Waals surface area contributed by atoms with Crippen LogP contribution in [0.5, 0.6) is 0 Å². The number of piperidine rings is 1. The zero-order valence-electron chi connectivity index (χ0n) is 22.6. The molecule has 4 amide bonds. The van der Waals surface area contributed by atoms with Crippen molar-refractivity contribution in [1.29, 1.82) is 0 Å². The number of fused-ring (bicyclic) bond motifs is 1. The number of urea groups is 1. The van der Waals surface area contributed by atoms with Gasteiger partial charge in [-0.25, -0.2) is 4.79 Å². The van der Waals surface area contributed by atoms with E-state index in [2.05, 4.69) is 15.5 Å². The maximum atomic E-state index is 13.9. The van der Waals surface area contributed by atoms with Crippen molar-refractivity contribution in [3.05, 3.63) is 72.8 Å². The van der Waals surface area contributed by atoms with Crippen LogP contribution in [0.1, 0.15) is 25.7 Å². The number of anilines is 2. The molecule has 3 aromatic rings. The Hall–Kier alpha value is -4.11. The Morgan fingerprint density at radius 1 is 0.950 bits per heavy atom. The summed E-state index contributed by atoms with van der Waals surface area (Å²) in [5, 5.41) is 8.06. The summed E-state index contributed by atoms with van der Waals surface area (Å²) in [6, 6.07) is 23.5. The molecule has 3 heterocycles. The van der Waals surface area contributed by atoms with Gasteiger partial charge in [-0.3, -0.25) is 9.59 Å². The SMILES string of the molecule is O=C(CN1CN(c2ccccc2)C2(CCN(C(=O)Nc3cccc4ccccc34)CC2)C1=O)NCC1CCCO1. The van der Waals surface area contributed by atoms with Gasteiger partial charge in [-0.2, -0.15) is 0 Å². The molecule has 9 heteroatoms. The fourth-order valence-corrected chi connectivity index (χ4v) is 6.19. The predicted octanol–water partition coefficient (Wildman–Crippen LogP) is 3.81. The van der Waals surface area contributed by atoms with E-state index in [0.29, 0.717) is 39.1 Å². The predicted molar refractivity (Wildman–Crippen MR) is 154 cm³/mol. The first-order valence-corrected chi connectivity index (χ1v) is 14.1. The Balaban J connectivity index is 1.15. The maximum Gasteiger partial charge on any atom is 0.321 e. The van der Waals surface area contributed by atoms with Gasteiger partial charge in [-0.15, -0.1) is 0 Å². The number of nitrogens with one attached hydrogen (secondary N) is 2. The Kier molecular flexibility index (Phi) is 7.30. The molecule has 1 unspecified atom stereocenters. The first-order valence-electron chi connectivity index (χ1n) is 14.1. The quantitative estimate of drug-likeness (QED) is 0.495. The normalized spacial score (nSPS) is 20.4. The Bertz CT molecular complexity index is 1380. The van der Waals surface area contributed by atoms with Gasteiger partial charge in [0.2, 0.25) is 5.91 Å². The maximum absolute atomic E-state index is 13.9. The highest BCUT2D eigenvalue weighted by molar-refractivity contribution is 6.02. The van der Waals surface area contributed by atoms with E-state index in [1.807, 2.05) is 72.8 Å². The number of para-hydroxylation sites is 1. The minimum atomic E-state index is -0.799. The van der Waals surface area contributed by atoms with E-state index in [9.17, 15) is 14.4 Å². The molecule has 9 nitrogen and oxygen atoms in total. The van der Waals surface area contributed by atoms with Crippen LogP contribution in [0.25, 0.3) is 10.8 Å². The van der Waals surface area contributed by atoms with E-state index in [1.54, 1.807) is 9.80 Å². The number of carbonyl (C=O) groups excluding carboxylic acids is 3. The van der Waals surface area contributed by atoms with Crippen LogP contribution in [-0.4, -0.2) is 78.7 Å². The van der Waals surface area contributed by atoms with E-state index in [4.69, 9.17) is 4.74 Å². The average molecular weight is 542 g/mol. The average Bonchev–Trinajstić information content (AvgIpc) is 3.60. The Morgan fingerprint density at radius 3 is 2.48 bits per heavy atom. The zero-order chi connectivity index (χ0) is 27.5. The van der Waals surface area contributed by atoms with Crippen LogP contribution in [-0.2, 0) is 14.3 Å². The third kappa shape index (κ3) is 5.09. The third-order valence-corrected chi connectivity index (χ3v) is 8.38. The summed E-state index contributed by atoms with van der Waals surface area (Å²) in [4.78, 5) is 45.5. The standard InChI is InChI=1S/C31H35N5O4/c37-28(32-20-25-12-7-19-40-25)21-35-22-36(24-10-2-1-3-11-24)31(29(35)38)15-17-34(18-16-31)30(39)33-27-14-6-9-23-8-4-5-13-26(23)27/h1-6,8-11,13-14,25H,7,12,15-22H2,(H,32,37)(H,33,39). The van der Waals surface area contributed by atoms with Gasteiger partial charge in [0.25, 0.3) is 5.91 Å². The number of hydrogen-bond donors (Lipinski definition) is 2. The molecule has 40 heavy (non-hydrogen) atoms. The van der Waals surface area contributed by atoms with Crippen LogP contribution in [0.4, 0.5) is 16.2 Å². The lowest BCUT2D eigenvalue weighted by atomic mass is 9.85. The van der Waals surface area contributed by atoms with Crippen LogP contribution in [0.2, 0.25) is 0 Å². The van der Waals surface area contributed by atoms with Gasteiger partial charge in [-0.05, 0) is 49.3 Å². The number of amides is 4. The summed E-state index contributed by atoms with van der Waals surface area (Å²) < 4.78 is 5.61. The second-order valence-electron chi connectivity index (χ2n) is 10.8. The monoisotopic (exact) mass is 541 g/mol. The van der Waals surface area contributed by atoms with Gasteiger partial charge < -0.3 is 30.1 Å². The van der Waals surface area contributed by atoms with E-state index in [1.165, 1.54) is 0 Å². The molecule has 1 spiro atoms. The largest absolute Gasteiger partial charge is 0.376 e. The summed E-state index contributed by atoms with van der Waals surface area (Å²) in [5.41, 5.74) is 0.907. The minimum absolute atomic E-state index is 0.00190. The highest BCUT2D eigenvalue weighted by atomic mass is 16.5. The molecule has 3 aliphatic rings. The molecule has 0 radical (unpaired) electrons. The summed E-state index contributed by atoms with van der Waals surface area (Å²) >= 11 is 0. The number of hydrogen-bond acceptors (Lipinski definition) is 5. The number of benzene rings is 3. The first-order chi connectivity index (χ1) is 19.5. The molecule has 0 saturated carbocycles. The number of likely N-dealkylation sites (tertiary alicyclic amines) is 1. The molecule has 3 saturated heterocycles. The fraction of sp³-hybridized carbons (Fsp3) is 0.387. The van der Waals surface area contributed by atoms with Gasteiger partial charge in [0.15, 0.2) is 0 Å². The fourth-order valence-electron chi connectivity index (χ4n) is 6.19. The van der Waals surface area contributed by atoms with Gasteiger partial charge in [0.05, 0.1) is 18.5 Å². The van der Waals surface area contributed by atoms with Crippen molar-refractivity contribution in [2.45, 2.75) is 37.3 Å². The van der Waals surface area contributed by atoms with Crippen molar-refractivity contribution in [2.75, 3.05) is 49.7 Å². The van der Waals surface area contributed by atoms with Gasteiger partial charge in [0.1, 0.15) is 12.1 Å². The van der Waals surface area contributed by atoms with Crippen molar-refractivity contribution in [3.8, 4) is 0 Å². The van der Waals surface area contributed by atoms with E-state index >= 15 is 0 Å². The third-order valence-electron chi connectivity index (χ3n) is 8.38. The highest BCUT2D eigenvalue weighted by Crippen LogP contribution is 2.39. The van der Waals surface area contributed by atoms with Crippen LogP contribution >= 0.6 is 0 Å². The van der Waals surface area contributed by atoms with Crippen LogP contribution in [0, 0.1) is 0 Å². The number of ether oxygens (including phenoxy) is 1. The van der Waals surface area contributed by atoms with Crippen molar-refractivity contribution >= 4 is 40.0 Å². The minimum Gasteiger partial charge on any atom is -0.376 e. The van der Waals surface area contributed by atoms with Crippen molar-refractivity contribution in [2.24, 2.45) is 0 Å². The highest BCUT2D eigenvalue weighted by Gasteiger charge is 2.54. The summed E-state index contributed by atoms with van der Waals surface area (Å²) in [7, 11) is 0. The molecule has 3 aromatic carbocycles. The molecule has 2 N–H and O–H groups in total. The molecule has 3 fully saturated rings. The molecule has 0 bridgehead atoms. The lowest BCUT2D eigenvalue weighted by Gasteiger charge is -2.43. The molecule has 208 valence electrons. The second-order valence-corrected chi connectivity index (χ2v) is 10.8.